The molecule has 3 aromatic rings. The molecule has 2 N–H and O–H groups in total. The van der Waals surface area contributed by atoms with Crippen molar-refractivity contribution in [2.24, 2.45) is 0 Å². The summed E-state index contributed by atoms with van der Waals surface area (Å²) < 4.78 is 1.98. The summed E-state index contributed by atoms with van der Waals surface area (Å²) in [5.41, 5.74) is 4.60. The van der Waals surface area contributed by atoms with Crippen molar-refractivity contribution in [3.8, 4) is 10.7 Å². The molecule has 0 unspecified atom stereocenters. The van der Waals surface area contributed by atoms with E-state index >= 15 is 0 Å². The lowest BCUT2D eigenvalue weighted by molar-refractivity contribution is -0.121. The third-order valence-corrected chi connectivity index (χ3v) is 4.88. The fourth-order valence-corrected chi connectivity index (χ4v) is 3.52. The van der Waals surface area contributed by atoms with Gasteiger partial charge in [0.25, 0.3) is 0 Å². The molecule has 0 aliphatic rings. The van der Waals surface area contributed by atoms with Crippen LogP contribution in [0.4, 0.5) is 0 Å². The molecule has 25 heavy (non-hydrogen) atoms. The predicted molar refractivity (Wildman–Crippen MR) is 102 cm³/mol. The van der Waals surface area contributed by atoms with Gasteiger partial charge in [-0.15, -0.1) is 11.3 Å². The lowest BCUT2D eigenvalue weighted by Crippen LogP contribution is -2.34. The number of nitrogens with one attached hydrogen (secondary N) is 2. The quantitative estimate of drug-likeness (QED) is 0.608. The van der Waals surface area contributed by atoms with E-state index in [0.29, 0.717) is 6.54 Å². The standard InChI is InChI=1S/C18H23N5OS/c1-3-8-19-9-10-20-16(24)11-23-15-7-5-4-6-14(15)22-18(23)17-13(2)21-12-25-17/h4-7,12,19H,3,8-11H2,1-2H3,(H,20,24). The van der Waals surface area contributed by atoms with Crippen molar-refractivity contribution in [2.75, 3.05) is 19.6 Å². The number of aromatic nitrogens is 3. The van der Waals surface area contributed by atoms with Gasteiger partial charge in [0.15, 0.2) is 5.82 Å². The summed E-state index contributed by atoms with van der Waals surface area (Å²) in [6.45, 7) is 6.72. The number of para-hydroxylation sites is 2. The van der Waals surface area contributed by atoms with Crippen LogP contribution in [0.25, 0.3) is 21.7 Å². The Morgan fingerprint density at radius 1 is 1.24 bits per heavy atom. The zero-order chi connectivity index (χ0) is 17.6. The molecule has 0 spiro atoms. The molecule has 0 aliphatic heterocycles. The van der Waals surface area contributed by atoms with E-state index < -0.39 is 0 Å². The van der Waals surface area contributed by atoms with Gasteiger partial charge in [-0.05, 0) is 32.0 Å². The molecule has 7 heteroatoms. The number of benzene rings is 1. The molecule has 0 saturated carbocycles. The second-order valence-electron chi connectivity index (χ2n) is 5.88. The summed E-state index contributed by atoms with van der Waals surface area (Å²) in [6.07, 6.45) is 1.09. The average Bonchev–Trinajstić information content (AvgIpc) is 3.18. The van der Waals surface area contributed by atoms with Gasteiger partial charge in [-0.2, -0.15) is 0 Å². The maximum Gasteiger partial charge on any atom is 0.240 e. The fraction of sp³-hybridized carbons (Fsp3) is 0.389. The van der Waals surface area contributed by atoms with Crippen molar-refractivity contribution in [1.29, 1.82) is 0 Å². The highest BCUT2D eigenvalue weighted by atomic mass is 32.1. The number of rotatable bonds is 8. The minimum Gasteiger partial charge on any atom is -0.353 e. The Kier molecular flexibility index (Phi) is 5.78. The molecule has 2 aromatic heterocycles. The number of thiazole rings is 1. The number of hydrogen-bond acceptors (Lipinski definition) is 5. The molecule has 2 heterocycles. The molecule has 0 aliphatic carbocycles. The van der Waals surface area contributed by atoms with Gasteiger partial charge in [0.2, 0.25) is 5.91 Å². The van der Waals surface area contributed by atoms with Crippen LogP contribution in [0.3, 0.4) is 0 Å². The summed E-state index contributed by atoms with van der Waals surface area (Å²) in [4.78, 5) is 22.5. The summed E-state index contributed by atoms with van der Waals surface area (Å²) >= 11 is 1.55. The van der Waals surface area contributed by atoms with Crippen molar-refractivity contribution in [1.82, 2.24) is 25.2 Å². The van der Waals surface area contributed by atoms with Crippen molar-refractivity contribution in [3.63, 3.8) is 0 Å². The number of nitrogens with zero attached hydrogens (tertiary/aromatic N) is 3. The van der Waals surface area contributed by atoms with E-state index in [1.54, 1.807) is 11.3 Å². The van der Waals surface area contributed by atoms with Crippen LogP contribution in [-0.2, 0) is 11.3 Å². The maximum absolute atomic E-state index is 12.4. The lowest BCUT2D eigenvalue weighted by Gasteiger charge is -2.10. The van der Waals surface area contributed by atoms with Gasteiger partial charge in [0.05, 0.1) is 27.1 Å². The smallest absolute Gasteiger partial charge is 0.240 e. The summed E-state index contributed by atoms with van der Waals surface area (Å²) in [5.74, 6) is 0.797. The number of hydrogen-bond donors (Lipinski definition) is 2. The van der Waals surface area contributed by atoms with E-state index in [-0.39, 0.29) is 12.5 Å². The SMILES string of the molecule is CCCNCCNC(=O)Cn1c(-c2scnc2C)nc2ccccc21. The van der Waals surface area contributed by atoms with Crippen LogP contribution in [0.1, 0.15) is 19.0 Å². The molecule has 1 amide bonds. The van der Waals surface area contributed by atoms with Crippen molar-refractivity contribution in [2.45, 2.75) is 26.8 Å². The van der Waals surface area contributed by atoms with E-state index in [1.807, 2.05) is 41.3 Å². The van der Waals surface area contributed by atoms with Crippen LogP contribution in [-0.4, -0.2) is 40.1 Å². The van der Waals surface area contributed by atoms with Crippen LogP contribution in [0.15, 0.2) is 29.8 Å². The Hall–Kier alpha value is -2.25. The Morgan fingerprint density at radius 3 is 2.84 bits per heavy atom. The largest absolute Gasteiger partial charge is 0.353 e. The van der Waals surface area contributed by atoms with Gasteiger partial charge >= 0.3 is 0 Å². The predicted octanol–water partition coefficient (Wildman–Crippen LogP) is 2.58. The first-order chi connectivity index (χ1) is 12.2. The van der Waals surface area contributed by atoms with E-state index in [0.717, 1.165) is 46.9 Å². The highest BCUT2D eigenvalue weighted by molar-refractivity contribution is 7.13. The molecular formula is C18H23N5OS. The third-order valence-electron chi connectivity index (χ3n) is 3.96. The lowest BCUT2D eigenvalue weighted by atomic mass is 10.3. The topological polar surface area (TPSA) is 71.8 Å². The Labute approximate surface area is 151 Å². The molecule has 0 saturated heterocycles. The van der Waals surface area contributed by atoms with Crippen LogP contribution < -0.4 is 10.6 Å². The van der Waals surface area contributed by atoms with Gasteiger partial charge in [-0.3, -0.25) is 4.79 Å². The van der Waals surface area contributed by atoms with E-state index in [2.05, 4.69) is 22.5 Å². The van der Waals surface area contributed by atoms with E-state index in [4.69, 9.17) is 4.98 Å². The highest BCUT2D eigenvalue weighted by Gasteiger charge is 2.17. The van der Waals surface area contributed by atoms with Crippen LogP contribution >= 0.6 is 11.3 Å². The van der Waals surface area contributed by atoms with Gasteiger partial charge in [-0.1, -0.05) is 19.1 Å². The monoisotopic (exact) mass is 357 g/mol. The summed E-state index contributed by atoms with van der Waals surface area (Å²) in [6, 6.07) is 7.90. The Morgan fingerprint density at radius 2 is 2.08 bits per heavy atom. The van der Waals surface area contributed by atoms with Gasteiger partial charge in [0.1, 0.15) is 6.54 Å². The van der Waals surface area contributed by atoms with Crippen LogP contribution in [0.5, 0.6) is 0 Å². The van der Waals surface area contributed by atoms with Gasteiger partial charge in [0, 0.05) is 13.1 Å². The average molecular weight is 357 g/mol. The number of amides is 1. The molecule has 3 rings (SSSR count). The molecule has 6 nitrogen and oxygen atoms in total. The minimum absolute atomic E-state index is 0.00938. The molecule has 0 fully saturated rings. The first-order valence-electron chi connectivity index (χ1n) is 8.54. The summed E-state index contributed by atoms with van der Waals surface area (Å²) in [7, 11) is 0. The number of aryl methyl sites for hydroxylation is 1. The summed E-state index contributed by atoms with van der Waals surface area (Å²) in [5, 5.41) is 6.25. The second kappa shape index (κ2) is 8.22. The Bertz CT molecular complexity index is 854. The van der Waals surface area contributed by atoms with E-state index in [9.17, 15) is 4.79 Å². The molecular weight excluding hydrogens is 334 g/mol. The zero-order valence-electron chi connectivity index (χ0n) is 14.6. The first kappa shape index (κ1) is 17.6. The molecule has 132 valence electrons. The third kappa shape index (κ3) is 4.05. The van der Waals surface area contributed by atoms with Gasteiger partial charge in [-0.25, -0.2) is 9.97 Å². The number of imidazole rings is 1. The van der Waals surface area contributed by atoms with Crippen LogP contribution in [0, 0.1) is 6.92 Å². The molecule has 1 aromatic carbocycles. The van der Waals surface area contributed by atoms with Crippen molar-refractivity contribution < 1.29 is 4.79 Å². The maximum atomic E-state index is 12.4. The number of carbonyl (C=O) groups excluding carboxylic acids is 1. The molecule has 0 atom stereocenters. The second-order valence-corrected chi connectivity index (χ2v) is 6.73. The number of fused-ring (bicyclic) bond motifs is 1. The number of carbonyl (C=O) groups is 1. The minimum atomic E-state index is -0.00938. The van der Waals surface area contributed by atoms with E-state index in [1.165, 1.54) is 0 Å². The molecule has 0 radical (unpaired) electrons. The zero-order valence-corrected chi connectivity index (χ0v) is 15.4. The normalized spacial score (nSPS) is 11.1. The first-order valence-corrected chi connectivity index (χ1v) is 9.41. The van der Waals surface area contributed by atoms with Crippen LogP contribution in [0.2, 0.25) is 0 Å². The van der Waals surface area contributed by atoms with Crippen molar-refractivity contribution in [3.05, 3.63) is 35.5 Å². The highest BCUT2D eigenvalue weighted by Crippen LogP contribution is 2.29. The Balaban J connectivity index is 1.80. The molecule has 0 bridgehead atoms. The van der Waals surface area contributed by atoms with Crippen molar-refractivity contribution >= 4 is 28.3 Å². The van der Waals surface area contributed by atoms with Gasteiger partial charge < -0.3 is 15.2 Å². The fourth-order valence-electron chi connectivity index (χ4n) is 2.72.